The van der Waals surface area contributed by atoms with Crippen LogP contribution in [0.25, 0.3) is 0 Å². The summed E-state index contributed by atoms with van der Waals surface area (Å²) in [7, 11) is 0. The molecule has 2 rings (SSSR count). The Labute approximate surface area is 82.1 Å². The lowest BCUT2D eigenvalue weighted by Crippen LogP contribution is -2.50. The number of pyridine rings is 1. The molecule has 1 fully saturated rings. The second-order valence-corrected chi connectivity index (χ2v) is 3.53. The molecular formula is C9H11ClN2O. The molecule has 0 amide bonds. The molecular weight excluding hydrogens is 188 g/mol. The van der Waals surface area contributed by atoms with Crippen LogP contribution in [0.2, 0.25) is 5.15 Å². The van der Waals surface area contributed by atoms with E-state index in [1.54, 1.807) is 6.20 Å². The van der Waals surface area contributed by atoms with Gasteiger partial charge in [0.1, 0.15) is 17.0 Å². The van der Waals surface area contributed by atoms with Gasteiger partial charge in [0.15, 0.2) is 0 Å². The highest BCUT2D eigenvalue weighted by Crippen LogP contribution is 2.19. The number of aryl methyl sites for hydroxylation is 1. The molecule has 2 heterocycles. The Morgan fingerprint density at radius 3 is 2.92 bits per heavy atom. The van der Waals surface area contributed by atoms with Crippen molar-refractivity contribution in [3.05, 3.63) is 23.0 Å². The van der Waals surface area contributed by atoms with E-state index in [2.05, 4.69) is 10.3 Å². The van der Waals surface area contributed by atoms with Crippen molar-refractivity contribution < 1.29 is 4.74 Å². The molecule has 0 radical (unpaired) electrons. The SMILES string of the molecule is Cc1cc(OC2CNC2)cnc1Cl. The zero-order chi connectivity index (χ0) is 9.26. The average molecular weight is 199 g/mol. The summed E-state index contributed by atoms with van der Waals surface area (Å²) in [5.74, 6) is 0.799. The second-order valence-electron chi connectivity index (χ2n) is 3.18. The molecule has 0 aliphatic carbocycles. The van der Waals surface area contributed by atoms with Crippen LogP contribution in [-0.4, -0.2) is 24.2 Å². The smallest absolute Gasteiger partial charge is 0.138 e. The van der Waals surface area contributed by atoms with Crippen molar-refractivity contribution >= 4 is 11.6 Å². The van der Waals surface area contributed by atoms with Crippen molar-refractivity contribution in [1.29, 1.82) is 0 Å². The van der Waals surface area contributed by atoms with Crippen LogP contribution in [0.5, 0.6) is 5.75 Å². The van der Waals surface area contributed by atoms with Crippen LogP contribution in [0.1, 0.15) is 5.56 Å². The fourth-order valence-electron chi connectivity index (χ4n) is 1.13. The Balaban J connectivity index is 2.07. The molecule has 1 aliphatic heterocycles. The molecule has 1 saturated heterocycles. The van der Waals surface area contributed by atoms with E-state index >= 15 is 0 Å². The zero-order valence-corrected chi connectivity index (χ0v) is 8.14. The van der Waals surface area contributed by atoms with Crippen LogP contribution in [-0.2, 0) is 0 Å². The Kier molecular flexibility index (Phi) is 2.38. The van der Waals surface area contributed by atoms with Gasteiger partial charge in [-0.05, 0) is 18.6 Å². The van der Waals surface area contributed by atoms with Gasteiger partial charge in [-0.1, -0.05) is 11.6 Å². The Morgan fingerprint density at radius 2 is 2.38 bits per heavy atom. The lowest BCUT2D eigenvalue weighted by Gasteiger charge is -2.27. The van der Waals surface area contributed by atoms with Gasteiger partial charge in [0, 0.05) is 13.1 Å². The molecule has 0 unspecified atom stereocenters. The number of hydrogen-bond acceptors (Lipinski definition) is 3. The largest absolute Gasteiger partial charge is 0.486 e. The molecule has 1 N–H and O–H groups in total. The van der Waals surface area contributed by atoms with E-state index in [-0.39, 0.29) is 0 Å². The summed E-state index contributed by atoms with van der Waals surface area (Å²) in [5, 5.41) is 3.68. The van der Waals surface area contributed by atoms with E-state index in [4.69, 9.17) is 16.3 Å². The average Bonchev–Trinajstić information content (AvgIpc) is 2.04. The summed E-state index contributed by atoms with van der Waals surface area (Å²) in [6.45, 7) is 3.75. The zero-order valence-electron chi connectivity index (χ0n) is 7.38. The molecule has 0 spiro atoms. The van der Waals surface area contributed by atoms with Gasteiger partial charge in [0.05, 0.1) is 6.20 Å². The molecule has 0 saturated carbocycles. The van der Waals surface area contributed by atoms with Crippen molar-refractivity contribution in [2.45, 2.75) is 13.0 Å². The molecule has 1 aromatic rings. The molecule has 4 heteroatoms. The molecule has 13 heavy (non-hydrogen) atoms. The van der Waals surface area contributed by atoms with Crippen LogP contribution in [0.4, 0.5) is 0 Å². The van der Waals surface area contributed by atoms with Gasteiger partial charge in [0.2, 0.25) is 0 Å². The third-order valence-corrected chi connectivity index (χ3v) is 2.43. The summed E-state index contributed by atoms with van der Waals surface area (Å²) in [6.07, 6.45) is 1.95. The summed E-state index contributed by atoms with van der Waals surface area (Å²) < 4.78 is 5.60. The Bertz CT molecular complexity index is 312. The lowest BCUT2D eigenvalue weighted by molar-refractivity contribution is 0.141. The van der Waals surface area contributed by atoms with Gasteiger partial charge in [0.25, 0.3) is 0 Å². The number of nitrogens with one attached hydrogen (secondary N) is 1. The van der Waals surface area contributed by atoms with Gasteiger partial charge >= 0.3 is 0 Å². The molecule has 1 aliphatic rings. The van der Waals surface area contributed by atoms with E-state index in [1.807, 2.05) is 13.0 Å². The fourth-order valence-corrected chi connectivity index (χ4v) is 1.24. The van der Waals surface area contributed by atoms with E-state index in [0.29, 0.717) is 11.3 Å². The first-order chi connectivity index (χ1) is 6.25. The van der Waals surface area contributed by atoms with Crippen molar-refractivity contribution in [1.82, 2.24) is 10.3 Å². The van der Waals surface area contributed by atoms with Gasteiger partial charge in [-0.25, -0.2) is 4.98 Å². The highest BCUT2D eigenvalue weighted by molar-refractivity contribution is 6.30. The highest BCUT2D eigenvalue weighted by Gasteiger charge is 2.18. The third kappa shape index (κ3) is 1.92. The minimum atomic E-state index is 0.294. The van der Waals surface area contributed by atoms with E-state index in [0.717, 1.165) is 24.4 Å². The van der Waals surface area contributed by atoms with E-state index in [9.17, 15) is 0 Å². The molecule has 0 bridgehead atoms. The van der Waals surface area contributed by atoms with Gasteiger partial charge in [-0.2, -0.15) is 0 Å². The summed E-state index contributed by atoms with van der Waals surface area (Å²) in [5.41, 5.74) is 0.950. The predicted octanol–water partition coefficient (Wildman–Crippen LogP) is 1.39. The second kappa shape index (κ2) is 3.52. The fraction of sp³-hybridized carbons (Fsp3) is 0.444. The van der Waals surface area contributed by atoms with Crippen LogP contribution in [0, 0.1) is 6.92 Å². The predicted molar refractivity (Wildman–Crippen MR) is 51.3 cm³/mol. The molecule has 0 aromatic carbocycles. The number of rotatable bonds is 2. The Hall–Kier alpha value is -0.800. The standard InChI is InChI=1S/C9H11ClN2O/c1-6-2-7(5-12-9(6)10)13-8-3-11-4-8/h2,5,8,11H,3-4H2,1H3. The summed E-state index contributed by atoms with van der Waals surface area (Å²) >= 11 is 5.79. The summed E-state index contributed by atoms with van der Waals surface area (Å²) in [6, 6.07) is 1.91. The molecule has 1 aromatic heterocycles. The van der Waals surface area contributed by atoms with Gasteiger partial charge < -0.3 is 10.1 Å². The maximum absolute atomic E-state index is 5.79. The quantitative estimate of drug-likeness (QED) is 0.730. The normalized spacial score (nSPS) is 16.8. The number of hydrogen-bond donors (Lipinski definition) is 1. The van der Waals surface area contributed by atoms with Crippen molar-refractivity contribution in [3.63, 3.8) is 0 Å². The molecule has 70 valence electrons. The minimum absolute atomic E-state index is 0.294. The lowest BCUT2D eigenvalue weighted by atomic mass is 10.2. The number of halogens is 1. The van der Waals surface area contributed by atoms with Crippen molar-refractivity contribution in [2.75, 3.05) is 13.1 Å². The minimum Gasteiger partial charge on any atom is -0.486 e. The van der Waals surface area contributed by atoms with Crippen LogP contribution in [0.3, 0.4) is 0 Å². The maximum atomic E-state index is 5.79. The maximum Gasteiger partial charge on any atom is 0.138 e. The van der Waals surface area contributed by atoms with Crippen LogP contribution >= 0.6 is 11.6 Å². The van der Waals surface area contributed by atoms with E-state index in [1.165, 1.54) is 0 Å². The van der Waals surface area contributed by atoms with Gasteiger partial charge in [-0.3, -0.25) is 0 Å². The first-order valence-corrected chi connectivity index (χ1v) is 4.63. The van der Waals surface area contributed by atoms with Crippen molar-refractivity contribution in [2.24, 2.45) is 0 Å². The third-order valence-electron chi connectivity index (χ3n) is 2.04. The highest BCUT2D eigenvalue weighted by atomic mass is 35.5. The first kappa shape index (κ1) is 8.78. The van der Waals surface area contributed by atoms with Crippen LogP contribution in [0.15, 0.2) is 12.3 Å². The number of ether oxygens (including phenoxy) is 1. The molecule has 0 atom stereocenters. The Morgan fingerprint density at radius 1 is 1.62 bits per heavy atom. The summed E-state index contributed by atoms with van der Waals surface area (Å²) in [4.78, 5) is 4.01. The first-order valence-electron chi connectivity index (χ1n) is 4.25. The van der Waals surface area contributed by atoms with Crippen molar-refractivity contribution in [3.8, 4) is 5.75 Å². The topological polar surface area (TPSA) is 34.1 Å². The number of aromatic nitrogens is 1. The molecule has 3 nitrogen and oxygen atoms in total. The number of nitrogens with zero attached hydrogens (tertiary/aromatic N) is 1. The van der Waals surface area contributed by atoms with Crippen LogP contribution < -0.4 is 10.1 Å². The van der Waals surface area contributed by atoms with E-state index < -0.39 is 0 Å². The monoisotopic (exact) mass is 198 g/mol. The van der Waals surface area contributed by atoms with Gasteiger partial charge in [-0.15, -0.1) is 0 Å².